The molecular formula is C16H17N3O2. The maximum atomic E-state index is 12.1. The largest absolute Gasteiger partial charge is 0.505 e. The van der Waals surface area contributed by atoms with E-state index in [1.807, 2.05) is 12.1 Å². The Hall–Kier alpha value is -2.40. The number of carbonyl (C=O) groups excluding carboxylic acids is 1. The zero-order chi connectivity index (χ0) is 14.7. The number of aromatic nitrogens is 1. The standard InChI is InChI=1S/C16H17N3O2/c20-14-6-3-8-18-15(14)16(21)19-10-13-12-5-2-1-4-11(12)7-9-17-13/h1-6,8,13,17,20H,7,9-10H2,(H,19,21). The van der Waals surface area contributed by atoms with Gasteiger partial charge in [-0.3, -0.25) is 4.79 Å². The lowest BCUT2D eigenvalue weighted by Crippen LogP contribution is -2.39. The summed E-state index contributed by atoms with van der Waals surface area (Å²) in [5, 5.41) is 15.9. The van der Waals surface area contributed by atoms with Gasteiger partial charge < -0.3 is 15.7 Å². The van der Waals surface area contributed by atoms with Crippen LogP contribution < -0.4 is 10.6 Å². The summed E-state index contributed by atoms with van der Waals surface area (Å²) in [5.41, 5.74) is 2.59. The number of hydrogen-bond acceptors (Lipinski definition) is 4. The maximum Gasteiger partial charge on any atom is 0.273 e. The first-order chi connectivity index (χ1) is 10.3. The number of carbonyl (C=O) groups is 1. The fourth-order valence-electron chi connectivity index (χ4n) is 2.63. The number of pyridine rings is 1. The highest BCUT2D eigenvalue weighted by Gasteiger charge is 2.20. The van der Waals surface area contributed by atoms with Crippen molar-refractivity contribution in [2.24, 2.45) is 0 Å². The molecule has 1 aliphatic rings. The molecular weight excluding hydrogens is 266 g/mol. The molecule has 1 aromatic carbocycles. The van der Waals surface area contributed by atoms with Gasteiger partial charge in [0.15, 0.2) is 5.69 Å². The van der Waals surface area contributed by atoms with Gasteiger partial charge in [-0.15, -0.1) is 0 Å². The van der Waals surface area contributed by atoms with Gasteiger partial charge >= 0.3 is 0 Å². The summed E-state index contributed by atoms with van der Waals surface area (Å²) in [4.78, 5) is 16.0. The second-order valence-electron chi connectivity index (χ2n) is 5.04. The van der Waals surface area contributed by atoms with E-state index in [0.29, 0.717) is 6.54 Å². The minimum atomic E-state index is -0.363. The highest BCUT2D eigenvalue weighted by Crippen LogP contribution is 2.22. The summed E-state index contributed by atoms with van der Waals surface area (Å²) in [7, 11) is 0. The Morgan fingerprint density at radius 3 is 3.05 bits per heavy atom. The average Bonchev–Trinajstić information content (AvgIpc) is 2.53. The van der Waals surface area contributed by atoms with E-state index in [2.05, 4.69) is 27.8 Å². The van der Waals surface area contributed by atoms with Gasteiger partial charge in [-0.1, -0.05) is 24.3 Å². The highest BCUT2D eigenvalue weighted by atomic mass is 16.3. The van der Waals surface area contributed by atoms with Gasteiger partial charge in [-0.05, 0) is 36.2 Å². The Labute approximate surface area is 123 Å². The van der Waals surface area contributed by atoms with Gasteiger partial charge in [0.1, 0.15) is 5.75 Å². The topological polar surface area (TPSA) is 74.2 Å². The fraction of sp³-hybridized carbons (Fsp3) is 0.250. The summed E-state index contributed by atoms with van der Waals surface area (Å²) >= 11 is 0. The zero-order valence-corrected chi connectivity index (χ0v) is 11.5. The van der Waals surface area contributed by atoms with Gasteiger partial charge in [0.05, 0.1) is 0 Å². The molecule has 21 heavy (non-hydrogen) atoms. The Bertz CT molecular complexity index is 657. The van der Waals surface area contributed by atoms with Crippen molar-refractivity contribution in [1.29, 1.82) is 0 Å². The zero-order valence-electron chi connectivity index (χ0n) is 11.5. The van der Waals surface area contributed by atoms with E-state index in [4.69, 9.17) is 0 Å². The van der Waals surface area contributed by atoms with Crippen molar-refractivity contribution in [3.63, 3.8) is 0 Å². The Balaban J connectivity index is 1.69. The van der Waals surface area contributed by atoms with Crippen LogP contribution in [0.4, 0.5) is 0 Å². The number of aromatic hydroxyl groups is 1. The molecule has 5 heteroatoms. The Kier molecular flexibility index (Phi) is 3.83. The predicted molar refractivity (Wildman–Crippen MR) is 79.1 cm³/mol. The summed E-state index contributed by atoms with van der Waals surface area (Å²) in [6, 6.07) is 11.4. The molecule has 5 nitrogen and oxygen atoms in total. The molecule has 108 valence electrons. The number of hydrogen-bond donors (Lipinski definition) is 3. The maximum absolute atomic E-state index is 12.1. The van der Waals surface area contributed by atoms with Crippen LogP contribution in [0.5, 0.6) is 5.75 Å². The van der Waals surface area contributed by atoms with Crippen LogP contribution in [-0.4, -0.2) is 29.1 Å². The lowest BCUT2D eigenvalue weighted by atomic mass is 9.94. The van der Waals surface area contributed by atoms with E-state index in [1.165, 1.54) is 23.4 Å². The lowest BCUT2D eigenvalue weighted by molar-refractivity contribution is 0.0941. The number of amides is 1. The van der Waals surface area contributed by atoms with Crippen LogP contribution in [0, 0.1) is 0 Å². The molecule has 0 saturated carbocycles. The van der Waals surface area contributed by atoms with Crippen LogP contribution in [0.3, 0.4) is 0 Å². The lowest BCUT2D eigenvalue weighted by Gasteiger charge is -2.27. The second kappa shape index (κ2) is 5.93. The summed E-state index contributed by atoms with van der Waals surface area (Å²) < 4.78 is 0. The van der Waals surface area contributed by atoms with E-state index in [0.717, 1.165) is 13.0 Å². The summed E-state index contributed by atoms with van der Waals surface area (Å²) in [5.74, 6) is -0.468. The van der Waals surface area contributed by atoms with E-state index in [1.54, 1.807) is 6.07 Å². The Morgan fingerprint density at radius 2 is 2.19 bits per heavy atom. The molecule has 0 spiro atoms. The molecule has 0 aliphatic carbocycles. The fourth-order valence-corrected chi connectivity index (χ4v) is 2.63. The number of nitrogens with zero attached hydrogens (tertiary/aromatic N) is 1. The molecule has 1 aliphatic heterocycles. The third-order valence-electron chi connectivity index (χ3n) is 3.68. The second-order valence-corrected chi connectivity index (χ2v) is 5.04. The van der Waals surface area contributed by atoms with Crippen molar-refractivity contribution in [2.75, 3.05) is 13.1 Å². The van der Waals surface area contributed by atoms with E-state index < -0.39 is 0 Å². The minimum Gasteiger partial charge on any atom is -0.505 e. The number of nitrogens with one attached hydrogen (secondary N) is 2. The summed E-state index contributed by atoms with van der Waals surface area (Å²) in [6.45, 7) is 1.36. The quantitative estimate of drug-likeness (QED) is 0.796. The SMILES string of the molecule is O=C(NCC1NCCc2ccccc21)c1ncccc1O. The van der Waals surface area contributed by atoms with Gasteiger partial charge in [0, 0.05) is 18.8 Å². The summed E-state index contributed by atoms with van der Waals surface area (Å²) in [6.07, 6.45) is 2.49. The molecule has 2 aromatic rings. The van der Waals surface area contributed by atoms with E-state index >= 15 is 0 Å². The first-order valence-electron chi connectivity index (χ1n) is 6.99. The number of rotatable bonds is 3. The first-order valence-corrected chi connectivity index (χ1v) is 6.99. The van der Waals surface area contributed by atoms with Crippen LogP contribution in [-0.2, 0) is 6.42 Å². The third-order valence-corrected chi connectivity index (χ3v) is 3.68. The molecule has 1 unspecified atom stereocenters. The highest BCUT2D eigenvalue weighted by molar-refractivity contribution is 5.94. The molecule has 0 fully saturated rings. The van der Waals surface area contributed by atoms with Crippen LogP contribution in [0.2, 0.25) is 0 Å². The van der Waals surface area contributed by atoms with Crippen molar-refractivity contribution < 1.29 is 9.90 Å². The molecule has 1 amide bonds. The van der Waals surface area contributed by atoms with Crippen LogP contribution in [0.25, 0.3) is 0 Å². The van der Waals surface area contributed by atoms with Crippen LogP contribution in [0.15, 0.2) is 42.6 Å². The molecule has 3 rings (SSSR count). The predicted octanol–water partition coefficient (Wildman–Crippen LogP) is 1.40. The molecule has 2 heterocycles. The monoisotopic (exact) mass is 283 g/mol. The van der Waals surface area contributed by atoms with Crippen molar-refractivity contribution >= 4 is 5.91 Å². The van der Waals surface area contributed by atoms with Gasteiger partial charge in [0.2, 0.25) is 0 Å². The van der Waals surface area contributed by atoms with E-state index in [9.17, 15) is 9.90 Å². The first kappa shape index (κ1) is 13.6. The molecule has 0 saturated heterocycles. The normalized spacial score (nSPS) is 17.0. The van der Waals surface area contributed by atoms with Crippen molar-refractivity contribution in [1.82, 2.24) is 15.6 Å². The number of fused-ring (bicyclic) bond motifs is 1. The van der Waals surface area contributed by atoms with Gasteiger partial charge in [-0.2, -0.15) is 0 Å². The molecule has 0 radical (unpaired) electrons. The molecule has 1 aromatic heterocycles. The molecule has 0 bridgehead atoms. The van der Waals surface area contributed by atoms with Gasteiger partial charge in [-0.25, -0.2) is 4.98 Å². The third kappa shape index (κ3) is 2.87. The molecule has 1 atom stereocenters. The van der Waals surface area contributed by atoms with Crippen molar-refractivity contribution in [3.8, 4) is 5.75 Å². The minimum absolute atomic E-state index is 0.0570. The number of benzene rings is 1. The molecule has 3 N–H and O–H groups in total. The van der Waals surface area contributed by atoms with E-state index in [-0.39, 0.29) is 23.4 Å². The van der Waals surface area contributed by atoms with Crippen molar-refractivity contribution in [2.45, 2.75) is 12.5 Å². The van der Waals surface area contributed by atoms with Gasteiger partial charge in [0.25, 0.3) is 5.91 Å². The van der Waals surface area contributed by atoms with Crippen LogP contribution >= 0.6 is 0 Å². The Morgan fingerprint density at radius 1 is 1.33 bits per heavy atom. The van der Waals surface area contributed by atoms with Crippen LogP contribution in [0.1, 0.15) is 27.7 Å². The average molecular weight is 283 g/mol. The smallest absolute Gasteiger partial charge is 0.273 e. The van der Waals surface area contributed by atoms with Crippen molar-refractivity contribution in [3.05, 3.63) is 59.4 Å².